The molecule has 1 aliphatic carbocycles. The van der Waals surface area contributed by atoms with Gasteiger partial charge in [-0.1, -0.05) is 43.2 Å². The molecule has 1 unspecified atom stereocenters. The van der Waals surface area contributed by atoms with Gasteiger partial charge in [-0.3, -0.25) is 14.5 Å². The topological polar surface area (TPSA) is 69.7 Å². The van der Waals surface area contributed by atoms with Crippen LogP contribution < -0.4 is 5.32 Å². The maximum absolute atomic E-state index is 13.5. The van der Waals surface area contributed by atoms with Crippen molar-refractivity contribution in [1.82, 2.24) is 15.1 Å². The van der Waals surface area contributed by atoms with Crippen LogP contribution in [0, 0.1) is 23.2 Å². The Hall–Kier alpha value is -2.81. The first-order valence-corrected chi connectivity index (χ1v) is 11.3. The van der Waals surface area contributed by atoms with Crippen LogP contribution in [0.15, 0.2) is 30.3 Å². The zero-order valence-electron chi connectivity index (χ0n) is 18.4. The number of piperidine rings is 1. The molecule has 1 saturated carbocycles. The molecule has 6 nitrogen and oxygen atoms in total. The molecule has 1 N–H and O–H groups in total. The van der Waals surface area contributed by atoms with Gasteiger partial charge < -0.3 is 10.2 Å². The van der Waals surface area contributed by atoms with Gasteiger partial charge in [0, 0.05) is 18.5 Å². The highest BCUT2D eigenvalue weighted by atomic mass is 16.2. The van der Waals surface area contributed by atoms with E-state index < -0.39 is 5.54 Å². The first-order valence-electron chi connectivity index (χ1n) is 11.3. The number of urea groups is 1. The van der Waals surface area contributed by atoms with Crippen molar-refractivity contribution >= 4 is 17.8 Å². The summed E-state index contributed by atoms with van der Waals surface area (Å²) >= 11 is 0. The number of nitrogens with zero attached hydrogens (tertiary/aromatic N) is 2. The van der Waals surface area contributed by atoms with Crippen molar-refractivity contribution in [2.75, 3.05) is 19.6 Å². The van der Waals surface area contributed by atoms with Gasteiger partial charge >= 0.3 is 6.03 Å². The quantitative estimate of drug-likeness (QED) is 0.567. The summed E-state index contributed by atoms with van der Waals surface area (Å²) in [5.74, 6) is 5.70. The molecule has 3 fully saturated rings. The molecule has 0 bridgehead atoms. The molecular weight excluding hydrogens is 390 g/mol. The minimum absolute atomic E-state index is 0.00306. The number of aryl methyl sites for hydroxylation is 1. The SMILES string of the molecule is CC#CCN1C(=O)NC(CCc2ccccc2)(C2CCN(C(=O)C3(C)CC3)CC2)C1=O. The van der Waals surface area contributed by atoms with Crippen molar-refractivity contribution in [3.8, 4) is 11.8 Å². The average molecular weight is 422 g/mol. The van der Waals surface area contributed by atoms with Crippen LogP contribution in [-0.4, -0.2) is 52.8 Å². The molecule has 4 amide bonds. The van der Waals surface area contributed by atoms with E-state index in [0.717, 1.165) is 31.2 Å². The van der Waals surface area contributed by atoms with E-state index in [0.29, 0.717) is 25.9 Å². The first kappa shape index (κ1) is 21.4. The fourth-order valence-electron chi connectivity index (χ4n) is 4.94. The molecule has 1 atom stereocenters. The Morgan fingerprint density at radius 3 is 2.45 bits per heavy atom. The molecular formula is C25H31N3O3. The number of nitrogens with one attached hydrogen (secondary N) is 1. The first-order chi connectivity index (χ1) is 14.9. The second-order valence-corrected chi connectivity index (χ2v) is 9.33. The second-order valence-electron chi connectivity index (χ2n) is 9.33. The van der Waals surface area contributed by atoms with Crippen molar-refractivity contribution in [2.45, 2.75) is 57.9 Å². The van der Waals surface area contributed by atoms with Crippen molar-refractivity contribution in [2.24, 2.45) is 11.3 Å². The number of rotatable bonds is 6. The number of carbonyl (C=O) groups is 3. The smallest absolute Gasteiger partial charge is 0.325 e. The van der Waals surface area contributed by atoms with E-state index in [2.05, 4.69) is 17.2 Å². The molecule has 3 aliphatic rings. The minimum atomic E-state index is -0.930. The zero-order chi connectivity index (χ0) is 22.1. The van der Waals surface area contributed by atoms with Crippen LogP contribution in [0.3, 0.4) is 0 Å². The highest BCUT2D eigenvalue weighted by Gasteiger charge is 2.56. The summed E-state index contributed by atoms with van der Waals surface area (Å²) < 4.78 is 0. The van der Waals surface area contributed by atoms with Gasteiger partial charge in [0.05, 0.1) is 6.54 Å². The minimum Gasteiger partial charge on any atom is -0.342 e. The van der Waals surface area contributed by atoms with Crippen molar-refractivity contribution in [3.05, 3.63) is 35.9 Å². The number of amides is 4. The maximum Gasteiger partial charge on any atom is 0.325 e. The van der Waals surface area contributed by atoms with E-state index in [9.17, 15) is 14.4 Å². The van der Waals surface area contributed by atoms with Crippen molar-refractivity contribution < 1.29 is 14.4 Å². The number of likely N-dealkylation sites (tertiary alicyclic amines) is 1. The largest absolute Gasteiger partial charge is 0.342 e. The van der Waals surface area contributed by atoms with E-state index in [-0.39, 0.29) is 35.7 Å². The predicted octanol–water partition coefficient (Wildman–Crippen LogP) is 2.97. The molecule has 164 valence electrons. The third-order valence-corrected chi connectivity index (χ3v) is 7.26. The van der Waals surface area contributed by atoms with Gasteiger partial charge in [-0.25, -0.2) is 4.79 Å². The summed E-state index contributed by atoms with van der Waals surface area (Å²) in [6.07, 6.45) is 4.63. The molecule has 2 aliphatic heterocycles. The molecule has 2 saturated heterocycles. The monoisotopic (exact) mass is 421 g/mol. The fourth-order valence-corrected chi connectivity index (χ4v) is 4.94. The number of imide groups is 1. The van der Waals surface area contributed by atoms with Gasteiger partial charge in [0.25, 0.3) is 5.91 Å². The number of hydrogen-bond acceptors (Lipinski definition) is 3. The van der Waals surface area contributed by atoms with Crippen molar-refractivity contribution in [1.29, 1.82) is 0 Å². The standard InChI is InChI=1S/C25H31N3O3/c1-3-4-16-28-22(30)25(26-23(28)31,13-10-19-8-6-5-7-9-19)20-11-17-27(18-12-20)21(29)24(2)14-15-24/h5-9,20H,10-18H2,1-2H3,(H,26,31). The van der Waals surface area contributed by atoms with Gasteiger partial charge in [-0.2, -0.15) is 0 Å². The lowest BCUT2D eigenvalue weighted by Crippen LogP contribution is -2.57. The summed E-state index contributed by atoms with van der Waals surface area (Å²) in [5, 5.41) is 3.07. The van der Waals surface area contributed by atoms with Gasteiger partial charge in [-0.05, 0) is 56.9 Å². The Bertz CT molecular complexity index is 920. The van der Waals surface area contributed by atoms with Crippen LogP contribution in [0.2, 0.25) is 0 Å². The molecule has 6 heteroatoms. The molecule has 31 heavy (non-hydrogen) atoms. The highest BCUT2D eigenvalue weighted by Crippen LogP contribution is 2.47. The second kappa shape index (κ2) is 8.37. The number of hydrogen-bond donors (Lipinski definition) is 1. The normalized spacial score (nSPS) is 25.1. The molecule has 2 heterocycles. The van der Waals surface area contributed by atoms with E-state index in [1.165, 1.54) is 4.90 Å². The number of benzene rings is 1. The highest BCUT2D eigenvalue weighted by molar-refractivity contribution is 6.07. The zero-order valence-corrected chi connectivity index (χ0v) is 18.4. The number of carbonyl (C=O) groups excluding carboxylic acids is 3. The maximum atomic E-state index is 13.5. The molecule has 1 aromatic rings. The van der Waals surface area contributed by atoms with Gasteiger partial charge in [0.2, 0.25) is 5.91 Å². The molecule has 0 aromatic heterocycles. The van der Waals surface area contributed by atoms with Gasteiger partial charge in [0.15, 0.2) is 0 Å². The Balaban J connectivity index is 1.53. The third-order valence-electron chi connectivity index (χ3n) is 7.26. The summed E-state index contributed by atoms with van der Waals surface area (Å²) in [4.78, 5) is 42.2. The summed E-state index contributed by atoms with van der Waals surface area (Å²) in [5.41, 5.74) is 0.0382. The lowest BCUT2D eigenvalue weighted by Gasteiger charge is -2.41. The molecule has 4 rings (SSSR count). The lowest BCUT2D eigenvalue weighted by molar-refractivity contribution is -0.139. The average Bonchev–Trinajstić information content (AvgIpc) is 3.50. The molecule has 1 aromatic carbocycles. The Morgan fingerprint density at radius 1 is 1.16 bits per heavy atom. The summed E-state index contributed by atoms with van der Waals surface area (Å²) in [7, 11) is 0. The third kappa shape index (κ3) is 4.06. The lowest BCUT2D eigenvalue weighted by atomic mass is 9.74. The van der Waals surface area contributed by atoms with Crippen LogP contribution in [0.4, 0.5) is 4.79 Å². The molecule has 0 radical (unpaired) electrons. The summed E-state index contributed by atoms with van der Waals surface area (Å²) in [6, 6.07) is 9.69. The van der Waals surface area contributed by atoms with E-state index in [1.807, 2.05) is 42.2 Å². The Kier molecular flexibility index (Phi) is 5.79. The van der Waals surface area contributed by atoms with Crippen LogP contribution in [0.1, 0.15) is 51.5 Å². The van der Waals surface area contributed by atoms with E-state index >= 15 is 0 Å². The Morgan fingerprint density at radius 2 is 1.84 bits per heavy atom. The summed E-state index contributed by atoms with van der Waals surface area (Å²) in [6.45, 7) is 5.14. The van der Waals surface area contributed by atoms with Crippen molar-refractivity contribution in [3.63, 3.8) is 0 Å². The van der Waals surface area contributed by atoms with Gasteiger partial charge in [0.1, 0.15) is 5.54 Å². The Labute approximate surface area is 184 Å². The van der Waals surface area contributed by atoms with Crippen LogP contribution in [-0.2, 0) is 16.0 Å². The predicted molar refractivity (Wildman–Crippen MR) is 118 cm³/mol. The van der Waals surface area contributed by atoms with E-state index in [4.69, 9.17) is 0 Å². The van der Waals surface area contributed by atoms with Crippen LogP contribution in [0.5, 0.6) is 0 Å². The van der Waals surface area contributed by atoms with Crippen LogP contribution in [0.25, 0.3) is 0 Å². The van der Waals surface area contributed by atoms with Gasteiger partial charge in [-0.15, -0.1) is 5.92 Å². The van der Waals surface area contributed by atoms with E-state index in [1.54, 1.807) is 6.92 Å². The fraction of sp³-hybridized carbons (Fsp3) is 0.560. The molecule has 0 spiro atoms. The van der Waals surface area contributed by atoms with Crippen LogP contribution >= 0.6 is 0 Å².